The van der Waals surface area contributed by atoms with Crippen LogP contribution in [-0.2, 0) is 5.54 Å². The molecule has 0 bridgehead atoms. The first kappa shape index (κ1) is 10.6. The van der Waals surface area contributed by atoms with Crippen LogP contribution in [0.15, 0.2) is 18.2 Å². The summed E-state index contributed by atoms with van der Waals surface area (Å²) in [5, 5.41) is 0. The Labute approximate surface area is 90.5 Å². The van der Waals surface area contributed by atoms with Crippen LogP contribution in [-0.4, -0.2) is 0 Å². The molecule has 1 saturated carbocycles. The van der Waals surface area contributed by atoms with Crippen LogP contribution >= 0.6 is 0 Å². The first-order chi connectivity index (χ1) is 7.01. The van der Waals surface area contributed by atoms with E-state index in [-0.39, 0.29) is 11.4 Å². The lowest BCUT2D eigenvalue weighted by atomic mass is 9.87. The van der Waals surface area contributed by atoms with Crippen molar-refractivity contribution < 1.29 is 4.39 Å². The lowest BCUT2D eigenvalue weighted by molar-refractivity contribution is 0.439. The Hall–Kier alpha value is -0.890. The lowest BCUT2D eigenvalue weighted by Crippen LogP contribution is -2.33. The summed E-state index contributed by atoms with van der Waals surface area (Å²) in [6.45, 7) is 4.02. The van der Waals surface area contributed by atoms with Crippen molar-refractivity contribution in [2.24, 2.45) is 11.7 Å². The molecule has 2 unspecified atom stereocenters. The zero-order valence-corrected chi connectivity index (χ0v) is 9.39. The van der Waals surface area contributed by atoms with Gasteiger partial charge in [-0.15, -0.1) is 0 Å². The standard InChI is InChI=1S/C13H18FN/c1-9-5-6-13(15,8-9)11-3-4-12(14)10(2)7-11/h3-4,7,9H,5-6,8,15H2,1-2H3. The van der Waals surface area contributed by atoms with Crippen molar-refractivity contribution in [2.75, 3.05) is 0 Å². The molecule has 2 N–H and O–H groups in total. The first-order valence-electron chi connectivity index (χ1n) is 5.57. The van der Waals surface area contributed by atoms with E-state index in [0.29, 0.717) is 11.5 Å². The Morgan fingerprint density at radius 3 is 2.73 bits per heavy atom. The van der Waals surface area contributed by atoms with E-state index in [9.17, 15) is 4.39 Å². The highest BCUT2D eigenvalue weighted by Gasteiger charge is 2.35. The predicted octanol–water partition coefficient (Wildman–Crippen LogP) is 3.11. The summed E-state index contributed by atoms with van der Waals surface area (Å²) in [7, 11) is 0. The highest BCUT2D eigenvalue weighted by Crippen LogP contribution is 2.40. The van der Waals surface area contributed by atoms with Crippen molar-refractivity contribution in [3.63, 3.8) is 0 Å². The molecule has 1 aromatic rings. The minimum absolute atomic E-state index is 0.145. The molecular formula is C13H18FN. The Morgan fingerprint density at radius 1 is 1.47 bits per heavy atom. The number of hydrogen-bond donors (Lipinski definition) is 1. The van der Waals surface area contributed by atoms with Crippen molar-refractivity contribution in [1.82, 2.24) is 0 Å². The molecule has 2 atom stereocenters. The van der Waals surface area contributed by atoms with Crippen molar-refractivity contribution in [2.45, 2.75) is 38.6 Å². The lowest BCUT2D eigenvalue weighted by Gasteiger charge is -2.25. The van der Waals surface area contributed by atoms with E-state index >= 15 is 0 Å². The van der Waals surface area contributed by atoms with Crippen LogP contribution in [0.1, 0.15) is 37.3 Å². The molecule has 1 fully saturated rings. The summed E-state index contributed by atoms with van der Waals surface area (Å²) in [5.41, 5.74) is 7.92. The Kier molecular flexibility index (Phi) is 2.55. The van der Waals surface area contributed by atoms with Gasteiger partial charge >= 0.3 is 0 Å². The molecular weight excluding hydrogens is 189 g/mol. The SMILES string of the molecule is Cc1cc(C2(N)CCC(C)C2)ccc1F. The molecule has 0 aromatic heterocycles. The van der Waals surface area contributed by atoms with E-state index in [1.165, 1.54) is 12.5 Å². The highest BCUT2D eigenvalue weighted by atomic mass is 19.1. The molecule has 0 aliphatic heterocycles. The second kappa shape index (κ2) is 3.60. The number of halogens is 1. The van der Waals surface area contributed by atoms with Gasteiger partial charge in [0.2, 0.25) is 0 Å². The van der Waals surface area contributed by atoms with Gasteiger partial charge in [0.15, 0.2) is 0 Å². The summed E-state index contributed by atoms with van der Waals surface area (Å²) >= 11 is 0. The number of hydrogen-bond acceptors (Lipinski definition) is 1. The van der Waals surface area contributed by atoms with E-state index in [4.69, 9.17) is 5.73 Å². The van der Waals surface area contributed by atoms with Crippen LogP contribution in [0, 0.1) is 18.7 Å². The van der Waals surface area contributed by atoms with Crippen LogP contribution < -0.4 is 5.73 Å². The van der Waals surface area contributed by atoms with Gasteiger partial charge in [-0.25, -0.2) is 4.39 Å². The van der Waals surface area contributed by atoms with Crippen LogP contribution in [0.25, 0.3) is 0 Å². The van der Waals surface area contributed by atoms with Gasteiger partial charge in [0, 0.05) is 5.54 Å². The zero-order chi connectivity index (χ0) is 11.1. The fourth-order valence-electron chi connectivity index (χ4n) is 2.55. The molecule has 0 spiro atoms. The smallest absolute Gasteiger partial charge is 0.126 e. The van der Waals surface area contributed by atoms with Gasteiger partial charge in [-0.3, -0.25) is 0 Å². The van der Waals surface area contributed by atoms with Crippen LogP contribution in [0.2, 0.25) is 0 Å². The molecule has 1 aliphatic carbocycles. The topological polar surface area (TPSA) is 26.0 Å². The van der Waals surface area contributed by atoms with Crippen LogP contribution in [0.4, 0.5) is 4.39 Å². The Balaban J connectivity index is 2.33. The zero-order valence-electron chi connectivity index (χ0n) is 9.39. The molecule has 82 valence electrons. The molecule has 0 amide bonds. The Morgan fingerprint density at radius 2 is 2.20 bits per heavy atom. The molecule has 2 heteroatoms. The number of benzene rings is 1. The largest absolute Gasteiger partial charge is 0.321 e. The predicted molar refractivity (Wildman–Crippen MR) is 60.0 cm³/mol. The Bertz CT molecular complexity index is 375. The molecule has 2 rings (SSSR count). The van der Waals surface area contributed by atoms with Gasteiger partial charge in [-0.2, -0.15) is 0 Å². The first-order valence-corrected chi connectivity index (χ1v) is 5.57. The van der Waals surface area contributed by atoms with E-state index in [1.54, 1.807) is 6.92 Å². The number of rotatable bonds is 1. The van der Waals surface area contributed by atoms with Crippen molar-refractivity contribution >= 4 is 0 Å². The van der Waals surface area contributed by atoms with Crippen molar-refractivity contribution in [3.05, 3.63) is 35.1 Å². The van der Waals surface area contributed by atoms with E-state index in [1.807, 2.05) is 12.1 Å². The minimum Gasteiger partial charge on any atom is -0.321 e. The second-order valence-corrected chi connectivity index (χ2v) is 4.97. The fourth-order valence-corrected chi connectivity index (χ4v) is 2.55. The van der Waals surface area contributed by atoms with Gasteiger partial charge in [-0.05, 0) is 49.3 Å². The molecule has 0 saturated heterocycles. The summed E-state index contributed by atoms with van der Waals surface area (Å²) in [6.07, 6.45) is 3.20. The van der Waals surface area contributed by atoms with E-state index in [2.05, 4.69) is 6.92 Å². The highest BCUT2D eigenvalue weighted by molar-refractivity contribution is 5.30. The monoisotopic (exact) mass is 207 g/mol. The molecule has 0 heterocycles. The van der Waals surface area contributed by atoms with E-state index in [0.717, 1.165) is 18.4 Å². The van der Waals surface area contributed by atoms with Gasteiger partial charge in [0.05, 0.1) is 0 Å². The number of aryl methyl sites for hydroxylation is 1. The molecule has 1 aromatic carbocycles. The summed E-state index contributed by atoms with van der Waals surface area (Å²) < 4.78 is 13.1. The normalized spacial score (nSPS) is 30.8. The maximum absolute atomic E-state index is 13.1. The maximum Gasteiger partial charge on any atom is 0.126 e. The third-order valence-electron chi connectivity index (χ3n) is 3.53. The summed E-state index contributed by atoms with van der Waals surface area (Å²) in [4.78, 5) is 0. The van der Waals surface area contributed by atoms with Gasteiger partial charge in [-0.1, -0.05) is 19.1 Å². The molecule has 1 aliphatic rings. The van der Waals surface area contributed by atoms with Crippen LogP contribution in [0.5, 0.6) is 0 Å². The third-order valence-corrected chi connectivity index (χ3v) is 3.53. The van der Waals surface area contributed by atoms with Gasteiger partial charge in [0.1, 0.15) is 5.82 Å². The average molecular weight is 207 g/mol. The van der Waals surface area contributed by atoms with Gasteiger partial charge in [0.25, 0.3) is 0 Å². The van der Waals surface area contributed by atoms with E-state index < -0.39 is 0 Å². The molecule has 1 nitrogen and oxygen atoms in total. The fraction of sp³-hybridized carbons (Fsp3) is 0.538. The summed E-state index contributed by atoms with van der Waals surface area (Å²) in [6, 6.07) is 5.26. The summed E-state index contributed by atoms with van der Waals surface area (Å²) in [5.74, 6) is 0.536. The van der Waals surface area contributed by atoms with Crippen molar-refractivity contribution in [1.29, 1.82) is 0 Å². The molecule has 15 heavy (non-hydrogen) atoms. The van der Waals surface area contributed by atoms with Gasteiger partial charge < -0.3 is 5.73 Å². The maximum atomic E-state index is 13.1. The van der Waals surface area contributed by atoms with Crippen LogP contribution in [0.3, 0.4) is 0 Å². The quantitative estimate of drug-likeness (QED) is 0.752. The third kappa shape index (κ3) is 1.91. The van der Waals surface area contributed by atoms with Crippen molar-refractivity contribution in [3.8, 4) is 0 Å². The minimum atomic E-state index is -0.224. The average Bonchev–Trinajstić information content (AvgIpc) is 2.52. The number of nitrogens with two attached hydrogens (primary N) is 1. The second-order valence-electron chi connectivity index (χ2n) is 4.97. The molecule has 0 radical (unpaired) electrons.